The molecule has 25 heavy (non-hydrogen) atoms. The number of nitrogens with one attached hydrogen (secondary N) is 2. The Morgan fingerprint density at radius 2 is 2.24 bits per heavy atom. The van der Waals surface area contributed by atoms with Gasteiger partial charge in [0, 0.05) is 38.4 Å². The van der Waals surface area contributed by atoms with Crippen LogP contribution in [0.1, 0.15) is 39.2 Å². The average Bonchev–Trinajstić information content (AvgIpc) is 3.20. The number of aliphatic hydroxyl groups is 1. The minimum Gasteiger partial charge on any atom is -0.383 e. The molecule has 2 heterocycles. The molecule has 0 aromatic carbocycles. The number of aromatic nitrogens is 2. The van der Waals surface area contributed by atoms with Gasteiger partial charge in [-0.2, -0.15) is 5.10 Å². The van der Waals surface area contributed by atoms with Gasteiger partial charge in [-0.25, -0.2) is 4.99 Å². The second-order valence-electron chi connectivity index (χ2n) is 7.21. The third-order valence-electron chi connectivity index (χ3n) is 4.68. The highest BCUT2D eigenvalue weighted by molar-refractivity contribution is 5.79. The third-order valence-corrected chi connectivity index (χ3v) is 4.68. The van der Waals surface area contributed by atoms with Gasteiger partial charge in [0.05, 0.1) is 12.7 Å². The number of aliphatic imine (C=N–C) groups is 1. The average molecular weight is 351 g/mol. The SMILES string of the molecule is CCCN1CCC(CNC(=NCC(C)(O)c2cnn(C)c2)NCC)C1. The lowest BCUT2D eigenvalue weighted by atomic mass is 10.0. The summed E-state index contributed by atoms with van der Waals surface area (Å²) in [6.45, 7) is 11.6. The van der Waals surface area contributed by atoms with E-state index in [1.165, 1.54) is 25.9 Å². The summed E-state index contributed by atoms with van der Waals surface area (Å²) < 4.78 is 1.69. The van der Waals surface area contributed by atoms with Gasteiger partial charge in [-0.3, -0.25) is 4.68 Å². The van der Waals surface area contributed by atoms with Crippen molar-refractivity contribution in [1.29, 1.82) is 0 Å². The monoisotopic (exact) mass is 350 g/mol. The molecular weight excluding hydrogens is 316 g/mol. The Balaban J connectivity index is 1.88. The van der Waals surface area contributed by atoms with E-state index in [1.807, 2.05) is 13.2 Å². The maximum Gasteiger partial charge on any atom is 0.191 e. The van der Waals surface area contributed by atoms with Crippen molar-refractivity contribution < 1.29 is 5.11 Å². The van der Waals surface area contributed by atoms with Crippen molar-refractivity contribution in [3.8, 4) is 0 Å². The third kappa shape index (κ3) is 6.01. The number of aryl methyl sites for hydroxylation is 1. The molecule has 1 fully saturated rings. The highest BCUT2D eigenvalue weighted by Crippen LogP contribution is 2.20. The molecule has 1 aromatic heterocycles. The van der Waals surface area contributed by atoms with Crippen LogP contribution in [0.3, 0.4) is 0 Å². The van der Waals surface area contributed by atoms with Crippen LogP contribution in [0.4, 0.5) is 0 Å². The number of hydrogen-bond acceptors (Lipinski definition) is 4. The zero-order valence-electron chi connectivity index (χ0n) is 16.1. The van der Waals surface area contributed by atoms with Crippen LogP contribution >= 0.6 is 0 Å². The molecular formula is C18H34N6O. The molecule has 0 saturated carbocycles. The molecule has 1 aliphatic heterocycles. The van der Waals surface area contributed by atoms with Crippen LogP contribution in [0, 0.1) is 5.92 Å². The molecule has 7 heteroatoms. The molecule has 0 aliphatic carbocycles. The molecule has 1 saturated heterocycles. The molecule has 2 atom stereocenters. The van der Waals surface area contributed by atoms with Crippen LogP contribution < -0.4 is 10.6 Å². The Labute approximate surface area is 151 Å². The van der Waals surface area contributed by atoms with Crippen molar-refractivity contribution in [2.75, 3.05) is 39.3 Å². The van der Waals surface area contributed by atoms with E-state index in [4.69, 9.17) is 0 Å². The highest BCUT2D eigenvalue weighted by atomic mass is 16.3. The van der Waals surface area contributed by atoms with Gasteiger partial charge in [0.1, 0.15) is 5.60 Å². The molecule has 1 aromatic rings. The summed E-state index contributed by atoms with van der Waals surface area (Å²) in [6.07, 6.45) is 5.97. The Morgan fingerprint density at radius 1 is 1.44 bits per heavy atom. The van der Waals surface area contributed by atoms with Gasteiger partial charge < -0.3 is 20.6 Å². The first-order chi connectivity index (χ1) is 11.9. The summed E-state index contributed by atoms with van der Waals surface area (Å²) in [5.41, 5.74) is -0.248. The lowest BCUT2D eigenvalue weighted by molar-refractivity contribution is 0.0671. The van der Waals surface area contributed by atoms with Gasteiger partial charge in [-0.15, -0.1) is 0 Å². The van der Waals surface area contributed by atoms with E-state index >= 15 is 0 Å². The van der Waals surface area contributed by atoms with Crippen molar-refractivity contribution in [3.63, 3.8) is 0 Å². The predicted octanol–water partition coefficient (Wildman–Crippen LogP) is 0.915. The van der Waals surface area contributed by atoms with Gasteiger partial charge in [0.15, 0.2) is 5.96 Å². The first-order valence-electron chi connectivity index (χ1n) is 9.40. The topological polar surface area (TPSA) is 77.7 Å². The Hall–Kier alpha value is -1.60. The zero-order valence-corrected chi connectivity index (χ0v) is 16.1. The van der Waals surface area contributed by atoms with E-state index in [1.54, 1.807) is 17.8 Å². The van der Waals surface area contributed by atoms with E-state index in [-0.39, 0.29) is 0 Å². The fourth-order valence-corrected chi connectivity index (χ4v) is 3.21. The van der Waals surface area contributed by atoms with Crippen LogP contribution in [-0.4, -0.2) is 65.0 Å². The number of nitrogens with zero attached hydrogens (tertiary/aromatic N) is 4. The van der Waals surface area contributed by atoms with Crippen molar-refractivity contribution in [3.05, 3.63) is 18.0 Å². The molecule has 0 amide bonds. The first kappa shape index (κ1) is 19.7. The van der Waals surface area contributed by atoms with Crippen molar-refractivity contribution in [2.45, 2.75) is 39.2 Å². The lowest BCUT2D eigenvalue weighted by Gasteiger charge is -2.21. The Morgan fingerprint density at radius 3 is 2.88 bits per heavy atom. The van der Waals surface area contributed by atoms with Crippen molar-refractivity contribution >= 4 is 5.96 Å². The Bertz CT molecular complexity index is 554. The highest BCUT2D eigenvalue weighted by Gasteiger charge is 2.25. The van der Waals surface area contributed by atoms with Crippen molar-refractivity contribution in [2.24, 2.45) is 18.0 Å². The van der Waals surface area contributed by atoms with Crippen LogP contribution in [0.5, 0.6) is 0 Å². The quantitative estimate of drug-likeness (QED) is 0.480. The van der Waals surface area contributed by atoms with E-state index in [9.17, 15) is 5.11 Å². The first-order valence-corrected chi connectivity index (χ1v) is 9.40. The van der Waals surface area contributed by atoms with E-state index in [0.29, 0.717) is 12.5 Å². The molecule has 0 radical (unpaired) electrons. The van der Waals surface area contributed by atoms with Gasteiger partial charge in [-0.1, -0.05) is 6.92 Å². The number of hydrogen-bond donors (Lipinski definition) is 3. The molecule has 3 N–H and O–H groups in total. The normalized spacial score (nSPS) is 21.3. The van der Waals surface area contributed by atoms with Gasteiger partial charge in [0.2, 0.25) is 0 Å². The molecule has 142 valence electrons. The van der Waals surface area contributed by atoms with Crippen LogP contribution in [0.15, 0.2) is 17.4 Å². The van der Waals surface area contributed by atoms with Crippen LogP contribution in [0.2, 0.25) is 0 Å². The molecule has 2 unspecified atom stereocenters. The van der Waals surface area contributed by atoms with E-state index < -0.39 is 5.60 Å². The number of rotatable bonds is 8. The maximum absolute atomic E-state index is 10.7. The molecule has 2 rings (SSSR count). The molecule has 0 bridgehead atoms. The van der Waals surface area contributed by atoms with Gasteiger partial charge in [0.25, 0.3) is 0 Å². The van der Waals surface area contributed by atoms with E-state index in [0.717, 1.165) is 31.2 Å². The number of guanidine groups is 1. The summed E-state index contributed by atoms with van der Waals surface area (Å²) >= 11 is 0. The second-order valence-corrected chi connectivity index (χ2v) is 7.21. The zero-order chi connectivity index (χ0) is 18.3. The second kappa shape index (κ2) is 9.20. The fourth-order valence-electron chi connectivity index (χ4n) is 3.21. The molecule has 7 nitrogen and oxygen atoms in total. The maximum atomic E-state index is 10.7. The van der Waals surface area contributed by atoms with Gasteiger partial charge >= 0.3 is 0 Å². The summed E-state index contributed by atoms with van der Waals surface area (Å²) in [6, 6.07) is 0. The summed E-state index contributed by atoms with van der Waals surface area (Å²) in [5.74, 6) is 1.43. The molecule has 0 spiro atoms. The smallest absolute Gasteiger partial charge is 0.191 e. The minimum absolute atomic E-state index is 0.292. The standard InChI is InChI=1S/C18H34N6O/c1-5-8-24-9-7-15(12-24)10-20-17(19-6-2)21-14-18(3,25)16-11-22-23(4)13-16/h11,13,15,25H,5-10,12,14H2,1-4H3,(H2,19,20,21). The fraction of sp³-hybridized carbons (Fsp3) is 0.778. The van der Waals surface area contributed by atoms with Crippen molar-refractivity contribution in [1.82, 2.24) is 25.3 Å². The van der Waals surface area contributed by atoms with Gasteiger partial charge in [-0.05, 0) is 45.7 Å². The van der Waals surface area contributed by atoms with E-state index in [2.05, 4.69) is 39.5 Å². The minimum atomic E-state index is -1.03. The largest absolute Gasteiger partial charge is 0.383 e. The summed E-state index contributed by atoms with van der Waals surface area (Å²) in [4.78, 5) is 7.11. The summed E-state index contributed by atoms with van der Waals surface area (Å²) in [7, 11) is 1.85. The lowest BCUT2D eigenvalue weighted by Crippen LogP contribution is -2.41. The van der Waals surface area contributed by atoms with Crippen LogP contribution in [-0.2, 0) is 12.6 Å². The molecule has 1 aliphatic rings. The predicted molar refractivity (Wildman–Crippen MR) is 102 cm³/mol. The number of likely N-dealkylation sites (tertiary alicyclic amines) is 1. The van der Waals surface area contributed by atoms with Crippen LogP contribution in [0.25, 0.3) is 0 Å². The summed E-state index contributed by atoms with van der Waals surface area (Å²) in [5, 5.41) is 21.5. The Kier molecular flexibility index (Phi) is 7.25.